The molecule has 1 saturated carbocycles. The van der Waals surface area contributed by atoms with Crippen LogP contribution in [0.15, 0.2) is 9.03 Å². The van der Waals surface area contributed by atoms with E-state index in [9.17, 15) is 36.0 Å². The number of carbonyl (C=O) groups is 4. The fourth-order valence-electron chi connectivity index (χ4n) is 5.52. The lowest BCUT2D eigenvalue weighted by atomic mass is 10.1. The molecule has 0 spiro atoms. The van der Waals surface area contributed by atoms with Crippen molar-refractivity contribution in [1.82, 2.24) is 23.0 Å². The number of ether oxygens (including phenoxy) is 5. The van der Waals surface area contributed by atoms with Crippen molar-refractivity contribution >= 4 is 80.9 Å². The van der Waals surface area contributed by atoms with Crippen LogP contribution in [-0.2, 0) is 53.2 Å². The van der Waals surface area contributed by atoms with Crippen LogP contribution in [0.1, 0.15) is 25.7 Å². The fraction of sp³-hybridized carbons (Fsp3) is 0.769. The average Bonchev–Trinajstić information content (AvgIpc) is 3.77. The molecule has 0 bridgehead atoms. The maximum atomic E-state index is 12.8. The van der Waals surface area contributed by atoms with Crippen molar-refractivity contribution in [3.63, 3.8) is 0 Å². The second-order valence-electron chi connectivity index (χ2n) is 11.4. The highest BCUT2D eigenvalue weighted by Gasteiger charge is 2.49. The van der Waals surface area contributed by atoms with E-state index in [4.69, 9.17) is 23.7 Å². The molecule has 2 amide bonds. The summed E-state index contributed by atoms with van der Waals surface area (Å²) in [4.78, 5) is 49.5. The molecule has 1 aliphatic heterocycles. The first kappa shape index (κ1) is 45.8. The van der Waals surface area contributed by atoms with E-state index in [0.717, 1.165) is 25.7 Å². The third-order valence-corrected chi connectivity index (χ3v) is 12.3. The van der Waals surface area contributed by atoms with Gasteiger partial charge in [-0.1, -0.05) is 0 Å². The summed E-state index contributed by atoms with van der Waals surface area (Å²) in [7, 11) is -4.85. The van der Waals surface area contributed by atoms with E-state index >= 15 is 0 Å². The van der Waals surface area contributed by atoms with Crippen molar-refractivity contribution in [3.05, 3.63) is 0 Å². The predicted octanol–water partition coefficient (Wildman–Crippen LogP) is 2.28. The Morgan fingerprint density at radius 3 is 1.85 bits per heavy atom. The molecule has 2 fully saturated rings. The number of nitrogens with zero attached hydrogens (tertiary/aromatic N) is 5. The van der Waals surface area contributed by atoms with Gasteiger partial charge in [-0.05, 0) is 49.4 Å². The van der Waals surface area contributed by atoms with E-state index in [2.05, 4.69) is 29.9 Å². The second kappa shape index (κ2) is 24.2. The molecular weight excluding hydrogens is 838 g/mol. The van der Waals surface area contributed by atoms with Gasteiger partial charge in [-0.15, -0.1) is 11.8 Å². The number of hydrogen-bond donors (Lipinski definition) is 2. The molecule has 2 unspecified atom stereocenters. The maximum Gasteiger partial charge on any atom is 0.518 e. The zero-order valence-corrected chi connectivity index (χ0v) is 34.7. The van der Waals surface area contributed by atoms with Crippen LogP contribution in [0.5, 0.6) is 0 Å². The SMILES string of the molecule is O=C(NS(=O)(=O)N(CCOC(=O)O/P=N/P)CCOC(=O)O/P=N/P)OCCOCCN1CCN(S(=O)(=O)NC(=O)OC[C@@H]2[C@@H]3CCC#CCC[C@@H]32)CC1. The van der Waals surface area contributed by atoms with E-state index in [1.807, 2.05) is 28.4 Å². The summed E-state index contributed by atoms with van der Waals surface area (Å²) < 4.78 is 97.8. The molecule has 1 saturated heterocycles. The highest BCUT2D eigenvalue weighted by atomic mass is 32.2. The summed E-state index contributed by atoms with van der Waals surface area (Å²) in [6.07, 6.45) is -0.993. The molecule has 0 radical (unpaired) electrons. The number of rotatable bonds is 20. The highest BCUT2D eigenvalue weighted by Crippen LogP contribution is 2.52. The average molecular weight is 882 g/mol. The lowest BCUT2D eigenvalue weighted by molar-refractivity contribution is 0.0562. The summed E-state index contributed by atoms with van der Waals surface area (Å²) in [5.41, 5.74) is 0. The van der Waals surface area contributed by atoms with Gasteiger partial charge in [0.05, 0.1) is 19.8 Å². The first-order valence-electron chi connectivity index (χ1n) is 16.4. The lowest BCUT2D eigenvalue weighted by Crippen LogP contribution is -2.53. The molecule has 0 aromatic heterocycles. The number of amides is 2. The summed E-state index contributed by atoms with van der Waals surface area (Å²) >= 11 is 0. The van der Waals surface area contributed by atoms with Gasteiger partial charge in [0.2, 0.25) is 0 Å². The number of piperazine rings is 1. The van der Waals surface area contributed by atoms with Gasteiger partial charge in [0.1, 0.15) is 19.8 Å². The van der Waals surface area contributed by atoms with E-state index < -0.39 is 71.2 Å². The van der Waals surface area contributed by atoms with Crippen molar-refractivity contribution in [1.29, 1.82) is 0 Å². The van der Waals surface area contributed by atoms with Gasteiger partial charge in [0.15, 0.2) is 0 Å². The van der Waals surface area contributed by atoms with Crippen LogP contribution in [0.4, 0.5) is 19.2 Å². The van der Waals surface area contributed by atoms with Crippen LogP contribution in [0.2, 0.25) is 0 Å². The minimum absolute atomic E-state index is 0.0646. The molecule has 304 valence electrons. The van der Waals surface area contributed by atoms with E-state index in [-0.39, 0.29) is 62.6 Å². The third kappa shape index (κ3) is 17.1. The predicted molar refractivity (Wildman–Crippen MR) is 197 cm³/mol. The Labute approximate surface area is 321 Å². The van der Waals surface area contributed by atoms with Gasteiger partial charge >= 0.3 is 44.9 Å². The van der Waals surface area contributed by atoms with Gasteiger partial charge < -0.3 is 32.7 Å². The smallest absolute Gasteiger partial charge is 0.449 e. The second-order valence-corrected chi connectivity index (χ2v) is 17.3. The van der Waals surface area contributed by atoms with Gasteiger partial charge in [-0.3, -0.25) is 4.90 Å². The summed E-state index contributed by atoms with van der Waals surface area (Å²) in [5.74, 6) is 7.41. The van der Waals surface area contributed by atoms with Crippen LogP contribution < -0.4 is 9.44 Å². The molecule has 2 aliphatic carbocycles. The molecule has 1 heterocycles. The fourth-order valence-corrected chi connectivity index (χ4v) is 8.20. The van der Waals surface area contributed by atoms with E-state index in [1.165, 1.54) is 4.31 Å². The monoisotopic (exact) mass is 881 g/mol. The van der Waals surface area contributed by atoms with Crippen LogP contribution in [-0.4, -0.2) is 140 Å². The van der Waals surface area contributed by atoms with Crippen LogP contribution >= 0.6 is 36.0 Å². The molecule has 54 heavy (non-hydrogen) atoms. The molecule has 5 atom stereocenters. The Morgan fingerprint density at radius 1 is 0.741 bits per heavy atom. The number of fused-ring (bicyclic) bond motifs is 1. The molecule has 0 aromatic carbocycles. The summed E-state index contributed by atoms with van der Waals surface area (Å²) in [6, 6.07) is 0. The van der Waals surface area contributed by atoms with Crippen molar-refractivity contribution in [2.45, 2.75) is 25.7 Å². The van der Waals surface area contributed by atoms with Crippen molar-refractivity contribution in [2.75, 3.05) is 85.5 Å². The lowest BCUT2D eigenvalue weighted by Gasteiger charge is -2.33. The topological polar surface area (TPSA) is 260 Å². The number of hydrogen-bond acceptors (Lipinski definition) is 18. The Bertz CT molecular complexity index is 1560. The minimum Gasteiger partial charge on any atom is -0.449 e. The number of nitrogens with one attached hydrogen (secondary N) is 2. The molecular formula is C26H43N7O15P4S2. The van der Waals surface area contributed by atoms with Crippen LogP contribution in [0.25, 0.3) is 0 Å². The number of carbonyl (C=O) groups excluding carboxylic acids is 4. The molecule has 2 N–H and O–H groups in total. The highest BCUT2D eigenvalue weighted by molar-refractivity contribution is 7.88. The van der Waals surface area contributed by atoms with Gasteiger partial charge in [-0.25, -0.2) is 37.7 Å². The first-order valence-corrected chi connectivity index (χ1v) is 21.8. The first-order chi connectivity index (χ1) is 25.9. The quantitative estimate of drug-likeness (QED) is 0.0584. The van der Waals surface area contributed by atoms with E-state index in [0.29, 0.717) is 35.8 Å². The normalized spacial score (nSPS) is 20.5. The Hall–Kier alpha value is -2.56. The Kier molecular flexibility index (Phi) is 20.5. The third-order valence-electron chi connectivity index (χ3n) is 8.14. The van der Waals surface area contributed by atoms with Crippen molar-refractivity contribution < 1.29 is 68.7 Å². The van der Waals surface area contributed by atoms with E-state index in [1.54, 1.807) is 4.72 Å². The standard InChI is InChI=1S/C26H43N7O15P4S2/c34-23(27-54(40,41)33(12-15-44-25(36)47-51-29-49)13-16-45-26(37)48-52-30-50)43-18-17-42-14-11-31-7-9-32(10-8-31)53(38,39)28-24(35)46-19-22-20-5-3-1-2-4-6-21(20)22/h20-22H,3-19,49-50H2,(H,27,34)(H,28,35)/t20-,21+,22-. The zero-order chi connectivity index (χ0) is 39.4. The van der Waals surface area contributed by atoms with Crippen molar-refractivity contribution in [3.8, 4) is 11.8 Å². The summed E-state index contributed by atoms with van der Waals surface area (Å²) in [6.45, 7) is -0.466. The van der Waals surface area contributed by atoms with Crippen molar-refractivity contribution in [2.24, 2.45) is 26.8 Å². The Balaban J connectivity index is 1.30. The zero-order valence-electron chi connectivity index (χ0n) is 29.0. The van der Waals surface area contributed by atoms with Gasteiger partial charge in [0, 0.05) is 58.7 Å². The minimum atomic E-state index is -4.58. The molecule has 28 heteroatoms. The van der Waals surface area contributed by atoms with Gasteiger partial charge in [-0.2, -0.15) is 25.4 Å². The molecule has 0 aromatic rings. The van der Waals surface area contributed by atoms with Crippen LogP contribution in [0.3, 0.4) is 0 Å². The van der Waals surface area contributed by atoms with Gasteiger partial charge in [0.25, 0.3) is 17.2 Å². The summed E-state index contributed by atoms with van der Waals surface area (Å²) in [5, 5.41) is 0. The largest absolute Gasteiger partial charge is 0.518 e. The van der Waals surface area contributed by atoms with Crippen LogP contribution in [0, 0.1) is 29.6 Å². The Morgan fingerprint density at radius 2 is 1.30 bits per heavy atom. The molecule has 3 rings (SSSR count). The maximum absolute atomic E-state index is 12.8. The molecule has 22 nitrogen and oxygen atoms in total. The molecule has 3 aliphatic rings.